The fourth-order valence-corrected chi connectivity index (χ4v) is 3.22. The molecule has 0 saturated carbocycles. The van der Waals surface area contributed by atoms with Gasteiger partial charge in [0.15, 0.2) is 5.69 Å². The number of hydrogen-bond donors (Lipinski definition) is 2. The van der Waals surface area contributed by atoms with Crippen LogP contribution in [0.4, 0.5) is 13.2 Å². The standard InChI is InChI=1S/C21H19ClF3N3O3/c1-31-12-15(19(29)13-7-3-2-4-8-13)26-20(30)17-11-18(21(23,24)25)27-28(17)16-10-6-5-9-14(16)22/h2-11,15,19,29H,12H2,1H3,(H,26,30)/t15-,19+/m0/s1. The molecule has 0 fully saturated rings. The largest absolute Gasteiger partial charge is 0.435 e. The average Bonchev–Trinajstić information content (AvgIpc) is 3.20. The fraction of sp³-hybridized carbons (Fsp3) is 0.238. The van der Waals surface area contributed by atoms with Crippen LogP contribution in [0.3, 0.4) is 0 Å². The molecule has 2 aromatic carbocycles. The monoisotopic (exact) mass is 453 g/mol. The predicted octanol–water partition coefficient (Wildman–Crippen LogP) is 4.02. The molecule has 0 saturated heterocycles. The van der Waals surface area contributed by atoms with Gasteiger partial charge in [-0.3, -0.25) is 4.79 Å². The zero-order valence-electron chi connectivity index (χ0n) is 16.3. The van der Waals surface area contributed by atoms with Gasteiger partial charge in [0.05, 0.1) is 23.4 Å². The number of nitrogens with one attached hydrogen (secondary N) is 1. The topological polar surface area (TPSA) is 76.4 Å². The molecule has 31 heavy (non-hydrogen) atoms. The lowest BCUT2D eigenvalue weighted by molar-refractivity contribution is -0.141. The van der Waals surface area contributed by atoms with E-state index in [0.29, 0.717) is 11.6 Å². The number of nitrogens with zero attached hydrogens (tertiary/aromatic N) is 2. The summed E-state index contributed by atoms with van der Waals surface area (Å²) in [7, 11) is 1.38. The van der Waals surface area contributed by atoms with Crippen LogP contribution < -0.4 is 5.32 Å². The Kier molecular flexibility index (Phi) is 6.99. The Hall–Kier alpha value is -2.88. The van der Waals surface area contributed by atoms with E-state index in [1.54, 1.807) is 42.5 Å². The summed E-state index contributed by atoms with van der Waals surface area (Å²) in [5.74, 6) is -0.875. The third kappa shape index (κ3) is 5.25. The maximum atomic E-state index is 13.3. The maximum Gasteiger partial charge on any atom is 0.435 e. The first-order valence-corrected chi connectivity index (χ1v) is 9.55. The van der Waals surface area contributed by atoms with E-state index in [9.17, 15) is 23.1 Å². The van der Waals surface area contributed by atoms with Crippen molar-refractivity contribution in [2.24, 2.45) is 0 Å². The SMILES string of the molecule is COC[C@H](NC(=O)c1cc(C(F)(F)F)nn1-c1ccccc1Cl)[C@H](O)c1ccccc1. The number of aliphatic hydroxyl groups is 1. The molecular weight excluding hydrogens is 435 g/mol. The van der Waals surface area contributed by atoms with Gasteiger partial charge in [0, 0.05) is 13.2 Å². The number of aromatic nitrogens is 2. The molecule has 0 aliphatic carbocycles. The van der Waals surface area contributed by atoms with Crippen molar-refractivity contribution in [3.8, 4) is 5.69 Å². The van der Waals surface area contributed by atoms with Crippen LogP contribution in [-0.2, 0) is 10.9 Å². The van der Waals surface area contributed by atoms with Crippen LogP contribution >= 0.6 is 11.6 Å². The van der Waals surface area contributed by atoms with Crippen molar-refractivity contribution in [2.45, 2.75) is 18.3 Å². The van der Waals surface area contributed by atoms with E-state index in [-0.39, 0.29) is 23.0 Å². The molecule has 1 aromatic heterocycles. The molecule has 1 heterocycles. The molecule has 3 rings (SSSR count). The van der Waals surface area contributed by atoms with Gasteiger partial charge in [-0.2, -0.15) is 18.3 Å². The second-order valence-electron chi connectivity index (χ2n) is 6.67. The number of halogens is 4. The molecule has 164 valence electrons. The second-order valence-corrected chi connectivity index (χ2v) is 7.07. The fourth-order valence-electron chi connectivity index (χ4n) is 3.00. The molecule has 2 N–H and O–H groups in total. The van der Waals surface area contributed by atoms with Crippen LogP contribution in [0.2, 0.25) is 5.02 Å². The molecule has 6 nitrogen and oxygen atoms in total. The summed E-state index contributed by atoms with van der Waals surface area (Å²) >= 11 is 6.11. The summed E-state index contributed by atoms with van der Waals surface area (Å²) in [6, 6.07) is 14.3. The highest BCUT2D eigenvalue weighted by atomic mass is 35.5. The highest BCUT2D eigenvalue weighted by molar-refractivity contribution is 6.32. The van der Waals surface area contributed by atoms with E-state index in [0.717, 1.165) is 4.68 Å². The lowest BCUT2D eigenvalue weighted by Crippen LogP contribution is -2.43. The van der Waals surface area contributed by atoms with E-state index in [4.69, 9.17) is 16.3 Å². The van der Waals surface area contributed by atoms with E-state index >= 15 is 0 Å². The predicted molar refractivity (Wildman–Crippen MR) is 108 cm³/mol. The molecule has 3 aromatic rings. The number of amides is 1. The Bertz CT molecular complexity index is 1040. The van der Waals surface area contributed by atoms with Crippen molar-refractivity contribution in [3.05, 3.63) is 82.6 Å². The van der Waals surface area contributed by atoms with E-state index in [1.807, 2.05) is 0 Å². The molecule has 10 heteroatoms. The molecular formula is C21H19ClF3N3O3. The average molecular weight is 454 g/mol. The quantitative estimate of drug-likeness (QED) is 0.566. The van der Waals surface area contributed by atoms with Crippen LogP contribution in [0.15, 0.2) is 60.7 Å². The van der Waals surface area contributed by atoms with Gasteiger partial charge in [-0.05, 0) is 17.7 Å². The summed E-state index contributed by atoms with van der Waals surface area (Å²) in [5.41, 5.74) is -1.01. The van der Waals surface area contributed by atoms with Crippen LogP contribution in [0, 0.1) is 0 Å². The molecule has 2 atom stereocenters. The first kappa shape index (κ1) is 22.8. The third-order valence-corrected chi connectivity index (χ3v) is 4.82. The van der Waals surface area contributed by atoms with Crippen LogP contribution in [-0.4, -0.2) is 40.6 Å². The molecule has 0 unspecified atom stereocenters. The van der Waals surface area contributed by atoms with Gasteiger partial charge in [-0.15, -0.1) is 0 Å². The number of methoxy groups -OCH3 is 1. The summed E-state index contributed by atoms with van der Waals surface area (Å²) in [5, 5.41) is 16.9. The van der Waals surface area contributed by atoms with Gasteiger partial charge < -0.3 is 15.2 Å². The molecule has 0 aliphatic rings. The van der Waals surface area contributed by atoms with Crippen LogP contribution in [0.1, 0.15) is 27.8 Å². The summed E-state index contributed by atoms with van der Waals surface area (Å²) in [6.07, 6.45) is -5.92. The van der Waals surface area contributed by atoms with Gasteiger partial charge in [0.25, 0.3) is 5.91 Å². The van der Waals surface area contributed by atoms with E-state index < -0.39 is 29.9 Å². The van der Waals surface area contributed by atoms with Gasteiger partial charge in [-0.1, -0.05) is 54.1 Å². The van der Waals surface area contributed by atoms with Crippen molar-refractivity contribution in [1.29, 1.82) is 0 Å². The Labute approximate surface area is 181 Å². The molecule has 1 amide bonds. The van der Waals surface area contributed by atoms with Gasteiger partial charge >= 0.3 is 6.18 Å². The zero-order chi connectivity index (χ0) is 22.6. The number of carbonyl (C=O) groups excluding carboxylic acids is 1. The maximum absolute atomic E-state index is 13.3. The number of rotatable bonds is 7. The molecule has 0 radical (unpaired) electrons. The summed E-state index contributed by atoms with van der Waals surface area (Å²) < 4.78 is 45.8. The highest BCUT2D eigenvalue weighted by Gasteiger charge is 2.37. The summed E-state index contributed by atoms with van der Waals surface area (Å²) in [6.45, 7) is -0.0752. The Morgan fingerprint density at radius 2 is 1.84 bits per heavy atom. The van der Waals surface area contributed by atoms with Gasteiger partial charge in [-0.25, -0.2) is 4.68 Å². The molecule has 0 spiro atoms. The number of hydrogen-bond acceptors (Lipinski definition) is 4. The van der Waals surface area contributed by atoms with Crippen molar-refractivity contribution in [3.63, 3.8) is 0 Å². The normalized spacial score (nSPS) is 13.6. The third-order valence-electron chi connectivity index (χ3n) is 4.50. The minimum Gasteiger partial charge on any atom is -0.386 e. The minimum absolute atomic E-state index is 0.0752. The van der Waals surface area contributed by atoms with Crippen molar-refractivity contribution >= 4 is 17.5 Å². The van der Waals surface area contributed by atoms with E-state index in [1.165, 1.54) is 19.2 Å². The van der Waals surface area contributed by atoms with Crippen molar-refractivity contribution < 1.29 is 27.8 Å². The summed E-state index contributed by atoms with van der Waals surface area (Å²) in [4.78, 5) is 13.0. The zero-order valence-corrected chi connectivity index (χ0v) is 17.1. The first-order chi connectivity index (χ1) is 14.7. The number of aliphatic hydroxyl groups excluding tert-OH is 1. The van der Waals surface area contributed by atoms with Crippen LogP contribution in [0.25, 0.3) is 5.69 Å². The number of ether oxygens (including phenoxy) is 1. The second kappa shape index (κ2) is 9.51. The lowest BCUT2D eigenvalue weighted by Gasteiger charge is -2.24. The molecule has 0 bridgehead atoms. The number of para-hydroxylation sites is 1. The Balaban J connectivity index is 1.97. The minimum atomic E-state index is -4.77. The first-order valence-electron chi connectivity index (χ1n) is 9.17. The highest BCUT2D eigenvalue weighted by Crippen LogP contribution is 2.31. The Morgan fingerprint density at radius 1 is 1.19 bits per heavy atom. The lowest BCUT2D eigenvalue weighted by atomic mass is 10.0. The number of carbonyl (C=O) groups is 1. The number of alkyl halides is 3. The molecule has 0 aliphatic heterocycles. The van der Waals surface area contributed by atoms with Crippen molar-refractivity contribution in [2.75, 3.05) is 13.7 Å². The number of benzene rings is 2. The van der Waals surface area contributed by atoms with Gasteiger partial charge in [0.2, 0.25) is 0 Å². The van der Waals surface area contributed by atoms with E-state index in [2.05, 4.69) is 10.4 Å². The van der Waals surface area contributed by atoms with Crippen LogP contribution in [0.5, 0.6) is 0 Å². The smallest absolute Gasteiger partial charge is 0.386 e. The van der Waals surface area contributed by atoms with Gasteiger partial charge in [0.1, 0.15) is 11.8 Å². The van der Waals surface area contributed by atoms with Crippen molar-refractivity contribution in [1.82, 2.24) is 15.1 Å². The Morgan fingerprint density at radius 3 is 2.45 bits per heavy atom.